The number of hydrogen-bond acceptors (Lipinski definition) is 6. The van der Waals surface area contributed by atoms with Gasteiger partial charge in [0.2, 0.25) is 0 Å². The molecule has 0 saturated heterocycles. The molecule has 3 rings (SSSR count). The molecule has 33 heavy (non-hydrogen) atoms. The second-order valence-electron chi connectivity index (χ2n) is 8.49. The van der Waals surface area contributed by atoms with E-state index in [9.17, 15) is 14.4 Å². The molecule has 0 aliphatic rings. The predicted octanol–water partition coefficient (Wildman–Crippen LogP) is 3.09. The lowest BCUT2D eigenvalue weighted by atomic mass is 10.1. The van der Waals surface area contributed by atoms with Gasteiger partial charge in [0, 0.05) is 18.5 Å². The molecule has 0 aliphatic heterocycles. The van der Waals surface area contributed by atoms with Crippen molar-refractivity contribution in [3.63, 3.8) is 0 Å². The number of ether oxygens (including phenoxy) is 1. The molecular weight excluding hydrogens is 422 g/mol. The van der Waals surface area contributed by atoms with E-state index in [0.29, 0.717) is 30.0 Å². The highest BCUT2D eigenvalue weighted by Gasteiger charge is 2.26. The number of aromatic amines is 1. The fourth-order valence-corrected chi connectivity index (χ4v) is 3.76. The predicted molar refractivity (Wildman–Crippen MR) is 130 cm³/mol. The van der Waals surface area contributed by atoms with Crippen LogP contribution in [0.2, 0.25) is 0 Å². The van der Waals surface area contributed by atoms with Gasteiger partial charge < -0.3 is 15.4 Å². The summed E-state index contributed by atoms with van der Waals surface area (Å²) in [6.07, 6.45) is 1.46. The van der Waals surface area contributed by atoms with Crippen LogP contribution in [0.1, 0.15) is 49.7 Å². The highest BCUT2D eigenvalue weighted by atomic mass is 16.5. The summed E-state index contributed by atoms with van der Waals surface area (Å²) < 4.78 is 6.60. The van der Waals surface area contributed by atoms with Gasteiger partial charge in [0.05, 0.1) is 23.9 Å². The number of nitrogens with two attached hydrogens (primary N) is 1. The van der Waals surface area contributed by atoms with Crippen molar-refractivity contribution in [3.8, 4) is 5.75 Å². The van der Waals surface area contributed by atoms with Crippen LogP contribution in [-0.2, 0) is 6.54 Å². The number of nitrogens with one attached hydrogen (secondary N) is 1. The van der Waals surface area contributed by atoms with Crippen LogP contribution in [0.3, 0.4) is 0 Å². The van der Waals surface area contributed by atoms with Crippen LogP contribution in [0.25, 0.3) is 10.9 Å². The number of aryl methyl sites for hydroxylation is 1. The summed E-state index contributed by atoms with van der Waals surface area (Å²) in [4.78, 5) is 47.2. The average Bonchev–Trinajstić information content (AvgIpc) is 2.77. The first-order valence-electron chi connectivity index (χ1n) is 11.1. The van der Waals surface area contributed by atoms with Gasteiger partial charge in [-0.15, -0.1) is 0 Å². The highest BCUT2D eigenvalue weighted by molar-refractivity contribution is 6.09. The second-order valence-corrected chi connectivity index (χ2v) is 8.49. The first-order chi connectivity index (χ1) is 15.7. The molecule has 176 valence electrons. The van der Waals surface area contributed by atoms with Crippen molar-refractivity contribution >= 4 is 28.3 Å². The minimum atomic E-state index is -0.685. The molecule has 0 radical (unpaired) electrons. The number of methoxy groups -OCH3 is 1. The van der Waals surface area contributed by atoms with Gasteiger partial charge in [0.25, 0.3) is 11.5 Å². The zero-order valence-corrected chi connectivity index (χ0v) is 19.8. The molecule has 2 heterocycles. The number of anilines is 2. The number of pyridine rings is 1. The van der Waals surface area contributed by atoms with Crippen LogP contribution in [0, 0.1) is 12.8 Å². The Morgan fingerprint density at radius 3 is 2.64 bits per heavy atom. The fourth-order valence-electron chi connectivity index (χ4n) is 3.76. The molecular formula is C24H31N5O4. The molecule has 1 amide bonds. The standard InChI is InChI=1S/C24H31N5O4/c1-6-7-10-28(20-21(25)29(13-14(2)3)24(32)27-22(20)30)23(31)18-12-16-11-17(33-5)8-9-19(16)26-15(18)4/h8-9,11-12,14H,6-7,10,13,25H2,1-5H3,(H,27,30,32). The van der Waals surface area contributed by atoms with E-state index in [1.54, 1.807) is 26.2 Å². The summed E-state index contributed by atoms with van der Waals surface area (Å²) in [6.45, 7) is 8.22. The number of H-pyrrole nitrogens is 1. The van der Waals surface area contributed by atoms with Gasteiger partial charge in [0.15, 0.2) is 5.69 Å². The van der Waals surface area contributed by atoms with Crippen molar-refractivity contribution in [1.29, 1.82) is 0 Å². The maximum Gasteiger partial charge on any atom is 0.330 e. The molecule has 1 aromatic carbocycles. The summed E-state index contributed by atoms with van der Waals surface area (Å²) >= 11 is 0. The molecule has 0 unspecified atom stereocenters. The topological polar surface area (TPSA) is 123 Å². The Morgan fingerprint density at radius 2 is 2.00 bits per heavy atom. The van der Waals surface area contributed by atoms with Crippen LogP contribution < -0.4 is 26.6 Å². The van der Waals surface area contributed by atoms with Gasteiger partial charge in [-0.1, -0.05) is 27.2 Å². The maximum atomic E-state index is 13.8. The molecule has 0 saturated carbocycles. The molecule has 3 aromatic rings. The number of amides is 1. The Balaban J connectivity index is 2.18. The van der Waals surface area contributed by atoms with E-state index in [-0.39, 0.29) is 24.0 Å². The third-order valence-electron chi connectivity index (χ3n) is 5.46. The van der Waals surface area contributed by atoms with E-state index in [1.165, 1.54) is 9.47 Å². The summed E-state index contributed by atoms with van der Waals surface area (Å²) in [6, 6.07) is 7.19. The normalized spacial score (nSPS) is 11.2. The van der Waals surface area contributed by atoms with Crippen LogP contribution in [0.15, 0.2) is 33.9 Å². The Bertz CT molecular complexity index is 1290. The molecule has 0 fully saturated rings. The average molecular weight is 454 g/mol. The van der Waals surface area contributed by atoms with Gasteiger partial charge in [-0.2, -0.15) is 0 Å². The summed E-state index contributed by atoms with van der Waals surface area (Å²) in [5.41, 5.74) is 6.63. The van der Waals surface area contributed by atoms with Crippen LogP contribution in [-0.4, -0.2) is 34.1 Å². The lowest BCUT2D eigenvalue weighted by Gasteiger charge is -2.25. The van der Waals surface area contributed by atoms with Crippen LogP contribution in [0.4, 0.5) is 11.5 Å². The summed E-state index contributed by atoms with van der Waals surface area (Å²) in [5, 5.41) is 0.741. The van der Waals surface area contributed by atoms with Crippen molar-refractivity contribution in [2.45, 2.75) is 47.1 Å². The first-order valence-corrected chi connectivity index (χ1v) is 11.1. The lowest BCUT2D eigenvalue weighted by Crippen LogP contribution is -2.42. The number of rotatable bonds is 8. The van der Waals surface area contributed by atoms with Crippen molar-refractivity contribution in [1.82, 2.24) is 14.5 Å². The molecule has 0 bridgehead atoms. The molecule has 0 spiro atoms. The van der Waals surface area contributed by atoms with E-state index >= 15 is 0 Å². The maximum absolute atomic E-state index is 13.8. The van der Waals surface area contributed by atoms with Gasteiger partial charge in [-0.05, 0) is 43.5 Å². The number of aromatic nitrogens is 3. The monoisotopic (exact) mass is 453 g/mol. The Labute approximate surface area is 192 Å². The van der Waals surface area contributed by atoms with Gasteiger partial charge in [0.1, 0.15) is 11.6 Å². The number of benzene rings is 1. The Hall–Kier alpha value is -3.62. The smallest absolute Gasteiger partial charge is 0.330 e. The van der Waals surface area contributed by atoms with Gasteiger partial charge in [-0.3, -0.25) is 24.1 Å². The quantitative estimate of drug-likeness (QED) is 0.540. The minimum absolute atomic E-state index is 0.0150. The SMILES string of the molecule is CCCCN(C(=O)c1cc2cc(OC)ccc2nc1C)c1c(N)n(CC(C)C)c(=O)[nH]c1=O. The first kappa shape index (κ1) is 24.0. The largest absolute Gasteiger partial charge is 0.497 e. The third kappa shape index (κ3) is 4.92. The zero-order chi connectivity index (χ0) is 24.3. The van der Waals surface area contributed by atoms with Gasteiger partial charge >= 0.3 is 5.69 Å². The van der Waals surface area contributed by atoms with Crippen LogP contribution >= 0.6 is 0 Å². The molecule has 3 N–H and O–H groups in total. The number of unbranched alkanes of at least 4 members (excludes halogenated alkanes) is 1. The number of carbonyl (C=O) groups is 1. The van der Waals surface area contributed by atoms with Gasteiger partial charge in [-0.25, -0.2) is 4.79 Å². The van der Waals surface area contributed by atoms with Crippen LogP contribution in [0.5, 0.6) is 5.75 Å². The number of nitrogen functional groups attached to an aromatic ring is 1. The second kappa shape index (κ2) is 9.89. The van der Waals surface area contributed by atoms with E-state index in [2.05, 4.69) is 9.97 Å². The van der Waals surface area contributed by atoms with E-state index < -0.39 is 17.2 Å². The Morgan fingerprint density at radius 1 is 1.27 bits per heavy atom. The number of nitrogens with zero attached hydrogens (tertiary/aromatic N) is 3. The van der Waals surface area contributed by atoms with Crippen molar-refractivity contribution in [2.24, 2.45) is 5.92 Å². The van der Waals surface area contributed by atoms with Crippen molar-refractivity contribution in [3.05, 3.63) is 56.4 Å². The lowest BCUT2D eigenvalue weighted by molar-refractivity contribution is 0.0985. The Kier molecular flexibility index (Phi) is 7.20. The van der Waals surface area contributed by atoms with Crippen molar-refractivity contribution < 1.29 is 9.53 Å². The van der Waals surface area contributed by atoms with E-state index in [1.807, 2.05) is 32.9 Å². The minimum Gasteiger partial charge on any atom is -0.497 e. The van der Waals surface area contributed by atoms with E-state index in [0.717, 1.165) is 17.3 Å². The van der Waals surface area contributed by atoms with E-state index in [4.69, 9.17) is 10.5 Å². The summed E-state index contributed by atoms with van der Waals surface area (Å²) in [7, 11) is 1.57. The fraction of sp³-hybridized carbons (Fsp3) is 0.417. The zero-order valence-electron chi connectivity index (χ0n) is 19.8. The molecule has 9 nitrogen and oxygen atoms in total. The highest BCUT2D eigenvalue weighted by Crippen LogP contribution is 2.25. The number of fused-ring (bicyclic) bond motifs is 1. The van der Waals surface area contributed by atoms with Crippen molar-refractivity contribution in [2.75, 3.05) is 24.3 Å². The number of hydrogen-bond donors (Lipinski definition) is 2. The summed E-state index contributed by atoms with van der Waals surface area (Å²) in [5.74, 6) is 0.349. The molecule has 0 atom stereocenters. The molecule has 9 heteroatoms. The molecule has 0 aliphatic carbocycles. The molecule has 2 aromatic heterocycles. The number of carbonyl (C=O) groups excluding carboxylic acids is 1. The third-order valence-corrected chi connectivity index (χ3v) is 5.46.